The molecule has 23 heavy (non-hydrogen) atoms. The van der Waals surface area contributed by atoms with Crippen LogP contribution in [0, 0.1) is 30.6 Å². The number of anilines is 1. The normalized spacial score (nSPS) is 31.1. The molecule has 1 aromatic carbocycles. The Balaban J connectivity index is 1.42. The van der Waals surface area contributed by atoms with Gasteiger partial charge < -0.3 is 5.32 Å². The minimum atomic E-state index is 0.539. The fraction of sp³-hybridized carbons (Fsp3) is 0.556. The average molecular weight is 348 g/mol. The van der Waals surface area contributed by atoms with E-state index in [4.69, 9.17) is 28.9 Å². The molecule has 4 aliphatic carbocycles. The van der Waals surface area contributed by atoms with E-state index in [2.05, 4.69) is 10.7 Å². The van der Waals surface area contributed by atoms with Gasteiger partial charge in [0.15, 0.2) is 5.11 Å². The summed E-state index contributed by atoms with van der Waals surface area (Å²) in [6.07, 6.45) is 6.80. The standard InChI is InChI=1S/C18H22ClN3S/c1-10-15(19)3-2-4-16(10)20-18(23)22-21-17-13-6-11-5-12(8-13)9-14(17)7-11/h2-4,11-14H,5-9H2,1H3,(H2,20,22,23). The topological polar surface area (TPSA) is 36.4 Å². The van der Waals surface area contributed by atoms with Gasteiger partial charge in [0.2, 0.25) is 0 Å². The Morgan fingerprint density at radius 2 is 1.78 bits per heavy atom. The molecular weight excluding hydrogens is 326 g/mol. The van der Waals surface area contributed by atoms with Crippen LogP contribution in [-0.2, 0) is 0 Å². The first-order valence-corrected chi connectivity index (χ1v) is 9.28. The summed E-state index contributed by atoms with van der Waals surface area (Å²) in [6.45, 7) is 1.98. The maximum absolute atomic E-state index is 6.15. The molecule has 0 unspecified atom stereocenters. The van der Waals surface area contributed by atoms with Crippen LogP contribution in [-0.4, -0.2) is 10.8 Å². The Bertz CT molecular complexity index is 640. The number of halogens is 1. The molecule has 3 nitrogen and oxygen atoms in total. The van der Waals surface area contributed by atoms with Crippen LogP contribution in [0.1, 0.15) is 37.7 Å². The maximum atomic E-state index is 6.15. The molecule has 2 N–H and O–H groups in total. The Morgan fingerprint density at radius 3 is 2.43 bits per heavy atom. The highest BCUT2D eigenvalue weighted by Crippen LogP contribution is 2.52. The lowest BCUT2D eigenvalue weighted by Gasteiger charge is -2.50. The third kappa shape index (κ3) is 2.99. The first-order valence-electron chi connectivity index (χ1n) is 8.49. The molecule has 4 aliphatic rings. The van der Waals surface area contributed by atoms with Crippen LogP contribution in [0.15, 0.2) is 23.3 Å². The molecule has 0 aromatic heterocycles. The molecule has 1 aromatic rings. The van der Waals surface area contributed by atoms with E-state index in [1.54, 1.807) is 0 Å². The molecule has 0 heterocycles. The second-order valence-electron chi connectivity index (χ2n) is 7.32. The lowest BCUT2D eigenvalue weighted by molar-refractivity contribution is 0.108. The number of nitrogens with one attached hydrogen (secondary N) is 2. The fourth-order valence-electron chi connectivity index (χ4n) is 4.86. The molecule has 0 amide bonds. The maximum Gasteiger partial charge on any atom is 0.191 e. The predicted octanol–water partition coefficient (Wildman–Crippen LogP) is 4.75. The summed E-state index contributed by atoms with van der Waals surface area (Å²) in [7, 11) is 0. The van der Waals surface area contributed by atoms with E-state index < -0.39 is 0 Å². The summed E-state index contributed by atoms with van der Waals surface area (Å²) >= 11 is 11.5. The van der Waals surface area contributed by atoms with Gasteiger partial charge >= 0.3 is 0 Å². The zero-order valence-corrected chi connectivity index (χ0v) is 14.9. The third-order valence-corrected chi connectivity index (χ3v) is 6.38. The van der Waals surface area contributed by atoms with E-state index >= 15 is 0 Å². The van der Waals surface area contributed by atoms with Gasteiger partial charge in [-0.2, -0.15) is 5.10 Å². The molecule has 4 fully saturated rings. The van der Waals surface area contributed by atoms with Crippen LogP contribution in [0.4, 0.5) is 5.69 Å². The minimum absolute atomic E-state index is 0.539. The number of benzene rings is 1. The summed E-state index contributed by atoms with van der Waals surface area (Å²) in [4.78, 5) is 0. The molecule has 0 radical (unpaired) electrons. The third-order valence-electron chi connectivity index (χ3n) is 5.78. The minimum Gasteiger partial charge on any atom is -0.331 e. The smallest absolute Gasteiger partial charge is 0.191 e. The van der Waals surface area contributed by atoms with E-state index in [9.17, 15) is 0 Å². The number of rotatable bonds is 2. The lowest BCUT2D eigenvalue weighted by Crippen LogP contribution is -2.46. The van der Waals surface area contributed by atoms with Crippen LogP contribution in [0.5, 0.6) is 0 Å². The summed E-state index contributed by atoms with van der Waals surface area (Å²) in [5.74, 6) is 3.29. The van der Waals surface area contributed by atoms with E-state index in [1.807, 2.05) is 25.1 Å². The quantitative estimate of drug-likeness (QED) is 0.599. The summed E-state index contributed by atoms with van der Waals surface area (Å²) in [5.41, 5.74) is 6.37. The van der Waals surface area contributed by atoms with Crippen molar-refractivity contribution >= 4 is 40.3 Å². The van der Waals surface area contributed by atoms with Gasteiger partial charge in [-0.05, 0) is 92.6 Å². The number of hydrogen-bond acceptors (Lipinski definition) is 2. The van der Waals surface area contributed by atoms with Crippen molar-refractivity contribution in [3.63, 3.8) is 0 Å². The predicted molar refractivity (Wildman–Crippen MR) is 100 cm³/mol. The molecule has 0 atom stereocenters. The zero-order chi connectivity index (χ0) is 16.0. The van der Waals surface area contributed by atoms with Crippen molar-refractivity contribution in [2.75, 3.05) is 5.32 Å². The monoisotopic (exact) mass is 347 g/mol. The molecule has 4 bridgehead atoms. The van der Waals surface area contributed by atoms with E-state index in [0.29, 0.717) is 16.9 Å². The van der Waals surface area contributed by atoms with Gasteiger partial charge in [-0.1, -0.05) is 17.7 Å². The van der Waals surface area contributed by atoms with Gasteiger partial charge in [-0.3, -0.25) is 5.43 Å². The van der Waals surface area contributed by atoms with Crippen molar-refractivity contribution in [1.29, 1.82) is 0 Å². The second-order valence-corrected chi connectivity index (χ2v) is 8.13. The number of hydrogen-bond donors (Lipinski definition) is 2. The van der Waals surface area contributed by atoms with Crippen molar-refractivity contribution < 1.29 is 0 Å². The van der Waals surface area contributed by atoms with Crippen molar-refractivity contribution in [2.45, 2.75) is 39.0 Å². The Hall–Kier alpha value is -1.13. The molecule has 4 saturated carbocycles. The average Bonchev–Trinajstić information content (AvgIpc) is 2.50. The van der Waals surface area contributed by atoms with Crippen LogP contribution in [0.2, 0.25) is 5.02 Å². The Kier molecular flexibility index (Phi) is 4.06. The number of hydrazone groups is 1. The highest BCUT2D eigenvalue weighted by molar-refractivity contribution is 7.80. The SMILES string of the molecule is Cc1c(Cl)cccc1NC(=S)NN=C1C2CC3CC(C2)CC1C3. The van der Waals surface area contributed by atoms with E-state index in [0.717, 1.165) is 28.1 Å². The van der Waals surface area contributed by atoms with Crippen molar-refractivity contribution in [3.8, 4) is 0 Å². The lowest BCUT2D eigenvalue weighted by atomic mass is 9.55. The highest BCUT2D eigenvalue weighted by Gasteiger charge is 2.46. The van der Waals surface area contributed by atoms with Gasteiger partial charge in [0.25, 0.3) is 0 Å². The Labute approximate surface area is 147 Å². The van der Waals surface area contributed by atoms with Gasteiger partial charge in [-0.15, -0.1) is 0 Å². The van der Waals surface area contributed by atoms with Gasteiger partial charge in [0.1, 0.15) is 0 Å². The van der Waals surface area contributed by atoms with Gasteiger partial charge in [0, 0.05) is 16.4 Å². The first-order chi connectivity index (χ1) is 11.1. The van der Waals surface area contributed by atoms with Crippen molar-refractivity contribution in [3.05, 3.63) is 28.8 Å². The summed E-state index contributed by atoms with van der Waals surface area (Å²) in [6, 6.07) is 5.78. The molecular formula is C18H22ClN3S. The largest absolute Gasteiger partial charge is 0.331 e. The fourth-order valence-corrected chi connectivity index (χ4v) is 5.19. The molecule has 5 rings (SSSR count). The highest BCUT2D eigenvalue weighted by atomic mass is 35.5. The van der Waals surface area contributed by atoms with Crippen molar-refractivity contribution in [1.82, 2.24) is 5.43 Å². The zero-order valence-electron chi connectivity index (χ0n) is 13.3. The van der Waals surface area contributed by atoms with Crippen LogP contribution in [0.25, 0.3) is 0 Å². The number of thiocarbonyl (C=S) groups is 1. The molecule has 0 aliphatic heterocycles. The number of nitrogens with zero attached hydrogens (tertiary/aromatic N) is 1. The van der Waals surface area contributed by atoms with Gasteiger partial charge in [0.05, 0.1) is 0 Å². The molecule has 122 valence electrons. The summed E-state index contributed by atoms with van der Waals surface area (Å²) < 4.78 is 0. The van der Waals surface area contributed by atoms with E-state index in [1.165, 1.54) is 37.8 Å². The van der Waals surface area contributed by atoms with Crippen LogP contribution >= 0.6 is 23.8 Å². The van der Waals surface area contributed by atoms with Crippen molar-refractivity contribution in [2.24, 2.45) is 28.8 Å². The Morgan fingerprint density at radius 1 is 1.13 bits per heavy atom. The molecule has 0 spiro atoms. The van der Waals surface area contributed by atoms with Gasteiger partial charge in [-0.25, -0.2) is 0 Å². The first kappa shape index (κ1) is 15.4. The molecule has 0 saturated heterocycles. The molecule has 5 heteroatoms. The summed E-state index contributed by atoms with van der Waals surface area (Å²) in [5, 5.41) is 9.18. The van der Waals surface area contributed by atoms with Crippen LogP contribution in [0.3, 0.4) is 0 Å². The van der Waals surface area contributed by atoms with E-state index in [-0.39, 0.29) is 0 Å². The van der Waals surface area contributed by atoms with Crippen LogP contribution < -0.4 is 10.7 Å². The second kappa shape index (κ2) is 6.06.